The second-order valence-electron chi connectivity index (χ2n) is 7.64. The Bertz CT molecular complexity index is 719. The quantitative estimate of drug-likeness (QED) is 0.672. The molecular formula is C20H25BrF3N3O2. The number of piperidine rings is 1. The highest BCUT2D eigenvalue weighted by Crippen LogP contribution is 2.23. The summed E-state index contributed by atoms with van der Waals surface area (Å²) in [4.78, 5) is 30.3. The summed E-state index contributed by atoms with van der Waals surface area (Å²) in [5.41, 5.74) is 0.621. The van der Waals surface area contributed by atoms with Crippen LogP contribution in [0.3, 0.4) is 0 Å². The van der Waals surface area contributed by atoms with Gasteiger partial charge < -0.3 is 9.80 Å². The van der Waals surface area contributed by atoms with Gasteiger partial charge in [-0.1, -0.05) is 15.9 Å². The Morgan fingerprint density at radius 2 is 1.59 bits per heavy atom. The van der Waals surface area contributed by atoms with E-state index in [0.717, 1.165) is 4.47 Å². The van der Waals surface area contributed by atoms with Crippen molar-refractivity contribution in [2.45, 2.75) is 25.4 Å². The zero-order valence-electron chi connectivity index (χ0n) is 16.1. The van der Waals surface area contributed by atoms with Crippen LogP contribution in [0.15, 0.2) is 28.7 Å². The van der Waals surface area contributed by atoms with Gasteiger partial charge in [0.05, 0.1) is 6.54 Å². The number of amides is 2. The summed E-state index contributed by atoms with van der Waals surface area (Å²) < 4.78 is 38.7. The fourth-order valence-electron chi connectivity index (χ4n) is 3.97. The highest BCUT2D eigenvalue weighted by Gasteiger charge is 2.34. The van der Waals surface area contributed by atoms with Crippen LogP contribution in [0.25, 0.3) is 0 Å². The van der Waals surface area contributed by atoms with Crippen molar-refractivity contribution in [3.63, 3.8) is 0 Å². The fourth-order valence-corrected chi connectivity index (χ4v) is 4.23. The fraction of sp³-hybridized carbons (Fsp3) is 0.600. The van der Waals surface area contributed by atoms with Crippen molar-refractivity contribution in [2.24, 2.45) is 5.92 Å². The number of alkyl halides is 3. The summed E-state index contributed by atoms with van der Waals surface area (Å²) in [7, 11) is 0. The molecule has 29 heavy (non-hydrogen) atoms. The first kappa shape index (κ1) is 22.1. The van der Waals surface area contributed by atoms with E-state index >= 15 is 0 Å². The molecule has 1 aromatic rings. The molecule has 2 amide bonds. The van der Waals surface area contributed by atoms with Crippen LogP contribution in [0.4, 0.5) is 13.2 Å². The molecule has 0 bridgehead atoms. The summed E-state index contributed by atoms with van der Waals surface area (Å²) in [6.07, 6.45) is -2.50. The molecule has 0 aliphatic carbocycles. The van der Waals surface area contributed by atoms with Crippen LogP contribution < -0.4 is 0 Å². The molecule has 2 heterocycles. The number of rotatable bonds is 3. The van der Waals surface area contributed by atoms with E-state index in [-0.39, 0.29) is 24.3 Å². The van der Waals surface area contributed by atoms with Crippen LogP contribution in [0, 0.1) is 5.92 Å². The third-order valence-corrected chi connectivity index (χ3v) is 6.05. The monoisotopic (exact) mass is 475 g/mol. The molecule has 3 rings (SSSR count). The van der Waals surface area contributed by atoms with E-state index < -0.39 is 12.7 Å². The van der Waals surface area contributed by atoms with Gasteiger partial charge in [-0.25, -0.2) is 0 Å². The van der Waals surface area contributed by atoms with Crippen molar-refractivity contribution in [1.82, 2.24) is 14.7 Å². The van der Waals surface area contributed by atoms with Gasteiger partial charge in [0.15, 0.2) is 0 Å². The van der Waals surface area contributed by atoms with E-state index in [4.69, 9.17) is 0 Å². The Morgan fingerprint density at radius 1 is 0.931 bits per heavy atom. The molecule has 0 spiro atoms. The first-order valence-corrected chi connectivity index (χ1v) is 10.6. The molecule has 0 N–H and O–H groups in total. The first-order valence-electron chi connectivity index (χ1n) is 9.86. The largest absolute Gasteiger partial charge is 0.401 e. The number of carbonyl (C=O) groups excluding carboxylic acids is 2. The lowest BCUT2D eigenvalue weighted by Crippen LogP contribution is -2.45. The molecule has 0 aromatic heterocycles. The second-order valence-corrected chi connectivity index (χ2v) is 8.56. The maximum atomic E-state index is 12.9. The molecule has 0 saturated carbocycles. The minimum atomic E-state index is -4.21. The Kier molecular flexibility index (Phi) is 7.21. The summed E-state index contributed by atoms with van der Waals surface area (Å²) in [5.74, 6) is -0.200. The molecule has 0 unspecified atom stereocenters. The van der Waals surface area contributed by atoms with E-state index in [1.807, 2.05) is 12.1 Å². The third kappa shape index (κ3) is 6.18. The molecule has 5 nitrogen and oxygen atoms in total. The smallest absolute Gasteiger partial charge is 0.341 e. The van der Waals surface area contributed by atoms with E-state index in [1.54, 1.807) is 21.9 Å². The van der Waals surface area contributed by atoms with Gasteiger partial charge in [0.25, 0.3) is 5.91 Å². The van der Waals surface area contributed by atoms with Gasteiger partial charge in [0, 0.05) is 55.2 Å². The number of benzene rings is 1. The Hall–Kier alpha value is -1.61. The maximum absolute atomic E-state index is 12.9. The van der Waals surface area contributed by atoms with Crippen LogP contribution in [-0.2, 0) is 4.79 Å². The Balaban J connectivity index is 1.49. The third-order valence-electron chi connectivity index (χ3n) is 5.53. The van der Waals surface area contributed by atoms with Gasteiger partial charge in [-0.2, -0.15) is 13.2 Å². The van der Waals surface area contributed by atoms with E-state index in [2.05, 4.69) is 15.9 Å². The second kappa shape index (κ2) is 9.47. The van der Waals surface area contributed by atoms with Crippen molar-refractivity contribution in [3.8, 4) is 0 Å². The zero-order chi connectivity index (χ0) is 21.0. The minimum Gasteiger partial charge on any atom is -0.341 e. The van der Waals surface area contributed by atoms with Crippen molar-refractivity contribution in [3.05, 3.63) is 34.3 Å². The molecule has 2 aliphatic heterocycles. The van der Waals surface area contributed by atoms with Gasteiger partial charge in [0.1, 0.15) is 0 Å². The number of likely N-dealkylation sites (tertiary alicyclic amines) is 1. The van der Waals surface area contributed by atoms with Gasteiger partial charge in [-0.15, -0.1) is 0 Å². The van der Waals surface area contributed by atoms with Crippen LogP contribution in [-0.4, -0.2) is 78.5 Å². The average molecular weight is 476 g/mol. The van der Waals surface area contributed by atoms with Crippen molar-refractivity contribution in [1.29, 1.82) is 0 Å². The molecule has 1 aromatic carbocycles. The van der Waals surface area contributed by atoms with E-state index in [1.165, 1.54) is 4.90 Å². The van der Waals surface area contributed by atoms with Crippen LogP contribution in [0.5, 0.6) is 0 Å². The lowest BCUT2D eigenvalue weighted by Gasteiger charge is -2.34. The van der Waals surface area contributed by atoms with Gasteiger partial charge in [0.2, 0.25) is 5.91 Å². The maximum Gasteiger partial charge on any atom is 0.401 e. The standard InChI is InChI=1S/C20H25BrF3N3O2/c21-17-4-2-15(3-5-17)18(28)27-10-6-16(7-11-27)19(29)26-9-1-8-25(12-13-26)14-20(22,23)24/h2-5,16H,1,6-14H2. The van der Waals surface area contributed by atoms with Crippen molar-refractivity contribution in [2.75, 3.05) is 45.8 Å². The molecule has 2 aliphatic rings. The Labute approximate surface area is 176 Å². The van der Waals surface area contributed by atoms with Crippen molar-refractivity contribution < 1.29 is 22.8 Å². The SMILES string of the molecule is O=C(c1ccc(Br)cc1)N1CCC(C(=O)N2CCCN(CC(F)(F)F)CC2)CC1. The van der Waals surface area contributed by atoms with Crippen LogP contribution in [0.1, 0.15) is 29.6 Å². The number of hydrogen-bond donors (Lipinski definition) is 0. The summed E-state index contributed by atoms with van der Waals surface area (Å²) >= 11 is 3.35. The van der Waals surface area contributed by atoms with Gasteiger partial charge in [-0.05, 0) is 43.5 Å². The average Bonchev–Trinajstić information content (AvgIpc) is 2.92. The number of hydrogen-bond acceptors (Lipinski definition) is 3. The Morgan fingerprint density at radius 3 is 2.21 bits per heavy atom. The lowest BCUT2D eigenvalue weighted by molar-refractivity contribution is -0.145. The summed E-state index contributed by atoms with van der Waals surface area (Å²) in [6, 6.07) is 7.19. The van der Waals surface area contributed by atoms with Crippen LogP contribution in [0.2, 0.25) is 0 Å². The molecule has 9 heteroatoms. The number of halogens is 4. The lowest BCUT2D eigenvalue weighted by atomic mass is 9.94. The molecule has 0 atom stereocenters. The predicted molar refractivity (Wildman–Crippen MR) is 106 cm³/mol. The summed E-state index contributed by atoms with van der Waals surface area (Å²) in [5, 5.41) is 0. The van der Waals surface area contributed by atoms with Crippen LogP contribution >= 0.6 is 15.9 Å². The van der Waals surface area contributed by atoms with E-state index in [9.17, 15) is 22.8 Å². The zero-order valence-corrected chi connectivity index (χ0v) is 17.7. The minimum absolute atomic E-state index is 0.00889. The summed E-state index contributed by atoms with van der Waals surface area (Å²) in [6.45, 7) is 1.51. The van der Waals surface area contributed by atoms with Gasteiger partial charge in [-0.3, -0.25) is 14.5 Å². The molecule has 2 saturated heterocycles. The van der Waals surface area contributed by atoms with E-state index in [0.29, 0.717) is 57.5 Å². The first-order chi connectivity index (χ1) is 13.7. The normalized spacial score (nSPS) is 19.9. The highest BCUT2D eigenvalue weighted by atomic mass is 79.9. The van der Waals surface area contributed by atoms with Gasteiger partial charge >= 0.3 is 6.18 Å². The number of nitrogens with zero attached hydrogens (tertiary/aromatic N) is 3. The van der Waals surface area contributed by atoms with Crippen molar-refractivity contribution >= 4 is 27.7 Å². The molecule has 0 radical (unpaired) electrons. The molecule has 2 fully saturated rings. The molecular weight excluding hydrogens is 451 g/mol. The highest BCUT2D eigenvalue weighted by molar-refractivity contribution is 9.10. The predicted octanol–water partition coefficient (Wildman–Crippen LogP) is 3.40. The number of carbonyl (C=O) groups is 2. The molecule has 160 valence electrons. The topological polar surface area (TPSA) is 43.9 Å².